The third-order valence-corrected chi connectivity index (χ3v) is 1.93. The lowest BCUT2D eigenvalue weighted by Crippen LogP contribution is -2.30. The Labute approximate surface area is 65.2 Å². The van der Waals surface area contributed by atoms with E-state index < -0.39 is 5.97 Å². The van der Waals surface area contributed by atoms with Gasteiger partial charge < -0.3 is 10.4 Å². The van der Waals surface area contributed by atoms with Gasteiger partial charge in [-0.15, -0.1) is 0 Å². The highest BCUT2D eigenvalue weighted by Gasteiger charge is 2.08. The summed E-state index contributed by atoms with van der Waals surface area (Å²) in [5.41, 5.74) is 0. The van der Waals surface area contributed by atoms with Crippen LogP contribution in [0.1, 0.15) is 6.42 Å². The molecule has 0 heterocycles. The van der Waals surface area contributed by atoms with Gasteiger partial charge in [-0.1, -0.05) is 0 Å². The van der Waals surface area contributed by atoms with Gasteiger partial charge in [0, 0.05) is 11.8 Å². The molecule has 0 saturated carbocycles. The first-order chi connectivity index (χ1) is 4.70. The number of rotatable bonds is 5. The third-order valence-electron chi connectivity index (χ3n) is 1.20. The van der Waals surface area contributed by atoms with Gasteiger partial charge in [0.25, 0.3) is 0 Å². The molecule has 0 fully saturated rings. The van der Waals surface area contributed by atoms with Crippen LogP contribution in [0, 0.1) is 0 Å². The molecule has 10 heavy (non-hydrogen) atoms. The topological polar surface area (TPSA) is 49.3 Å². The van der Waals surface area contributed by atoms with Crippen molar-refractivity contribution in [2.45, 2.75) is 12.5 Å². The average Bonchev–Trinajstić information content (AvgIpc) is 1.86. The summed E-state index contributed by atoms with van der Waals surface area (Å²) < 4.78 is 0. The second-order valence-electron chi connectivity index (χ2n) is 2.04. The lowest BCUT2D eigenvalue weighted by molar-refractivity contribution is -0.137. The molecule has 1 unspecified atom stereocenters. The summed E-state index contributed by atoms with van der Waals surface area (Å²) in [5.74, 6) is 0.108. The van der Waals surface area contributed by atoms with E-state index in [1.165, 1.54) is 0 Å². The zero-order valence-corrected chi connectivity index (χ0v) is 7.07. The van der Waals surface area contributed by atoms with Crippen LogP contribution < -0.4 is 5.32 Å². The van der Waals surface area contributed by atoms with E-state index in [4.69, 9.17) is 5.11 Å². The number of carboxylic acids is 1. The maximum Gasteiger partial charge on any atom is 0.304 e. The first kappa shape index (κ1) is 9.78. The van der Waals surface area contributed by atoms with Gasteiger partial charge in [0.05, 0.1) is 6.42 Å². The van der Waals surface area contributed by atoms with E-state index >= 15 is 0 Å². The molecule has 4 heteroatoms. The Bertz CT molecular complexity index is 108. The smallest absolute Gasteiger partial charge is 0.304 e. The van der Waals surface area contributed by atoms with Gasteiger partial charge >= 0.3 is 5.97 Å². The molecule has 0 aromatic heterocycles. The van der Waals surface area contributed by atoms with Crippen LogP contribution in [0.25, 0.3) is 0 Å². The first-order valence-corrected chi connectivity index (χ1v) is 4.48. The van der Waals surface area contributed by atoms with E-state index in [1.54, 1.807) is 18.8 Å². The molecule has 2 N–H and O–H groups in total. The Balaban J connectivity index is 3.49. The van der Waals surface area contributed by atoms with Gasteiger partial charge in [0.2, 0.25) is 0 Å². The molecule has 0 rings (SSSR count). The molecular weight excluding hydrogens is 150 g/mol. The molecule has 60 valence electrons. The van der Waals surface area contributed by atoms with Crippen LogP contribution in [0.15, 0.2) is 0 Å². The molecule has 0 aromatic rings. The molecule has 1 atom stereocenters. The molecule has 0 spiro atoms. The Morgan fingerprint density at radius 1 is 1.80 bits per heavy atom. The first-order valence-electron chi connectivity index (χ1n) is 3.08. The molecular formula is C6H13NO2S. The van der Waals surface area contributed by atoms with Crippen LogP contribution in [0.4, 0.5) is 0 Å². The van der Waals surface area contributed by atoms with Gasteiger partial charge in [-0.2, -0.15) is 11.8 Å². The molecule has 0 aliphatic carbocycles. The van der Waals surface area contributed by atoms with Crippen molar-refractivity contribution in [1.82, 2.24) is 5.32 Å². The van der Waals surface area contributed by atoms with Crippen molar-refractivity contribution >= 4 is 17.7 Å². The highest BCUT2D eigenvalue weighted by molar-refractivity contribution is 7.98. The second-order valence-corrected chi connectivity index (χ2v) is 2.95. The van der Waals surface area contributed by atoms with Gasteiger partial charge in [-0.25, -0.2) is 0 Å². The predicted molar refractivity (Wildman–Crippen MR) is 43.5 cm³/mol. The summed E-state index contributed by atoms with van der Waals surface area (Å²) >= 11 is 1.65. The SMILES string of the molecule is CNC(CSC)CC(=O)O. The van der Waals surface area contributed by atoms with Crippen LogP contribution in [-0.4, -0.2) is 36.2 Å². The van der Waals surface area contributed by atoms with E-state index in [1.807, 2.05) is 6.26 Å². The molecule has 0 amide bonds. The number of hydrogen-bond donors (Lipinski definition) is 2. The summed E-state index contributed by atoms with van der Waals surface area (Å²) in [4.78, 5) is 10.2. The van der Waals surface area contributed by atoms with Crippen LogP contribution in [-0.2, 0) is 4.79 Å². The summed E-state index contributed by atoms with van der Waals surface area (Å²) in [6, 6.07) is 0.104. The second kappa shape index (κ2) is 5.56. The summed E-state index contributed by atoms with van der Waals surface area (Å²) in [5, 5.41) is 11.3. The van der Waals surface area contributed by atoms with E-state index in [-0.39, 0.29) is 12.5 Å². The average molecular weight is 163 g/mol. The minimum Gasteiger partial charge on any atom is -0.481 e. The van der Waals surface area contributed by atoms with Crippen LogP contribution in [0.3, 0.4) is 0 Å². The van der Waals surface area contributed by atoms with E-state index in [0.29, 0.717) is 0 Å². The highest BCUT2D eigenvalue weighted by atomic mass is 32.2. The minimum absolute atomic E-state index is 0.104. The van der Waals surface area contributed by atoms with Crippen molar-refractivity contribution in [1.29, 1.82) is 0 Å². The Kier molecular flexibility index (Phi) is 5.43. The van der Waals surface area contributed by atoms with Crippen molar-refractivity contribution in [3.05, 3.63) is 0 Å². The Morgan fingerprint density at radius 3 is 2.70 bits per heavy atom. The number of aliphatic carboxylic acids is 1. The fraction of sp³-hybridized carbons (Fsp3) is 0.833. The Morgan fingerprint density at radius 2 is 2.40 bits per heavy atom. The van der Waals surface area contributed by atoms with Gasteiger partial charge in [0.15, 0.2) is 0 Å². The number of hydrogen-bond acceptors (Lipinski definition) is 3. The molecule has 0 aliphatic heterocycles. The van der Waals surface area contributed by atoms with Crippen molar-refractivity contribution < 1.29 is 9.90 Å². The van der Waals surface area contributed by atoms with Crippen molar-refractivity contribution in [2.24, 2.45) is 0 Å². The predicted octanol–water partition coefficient (Wildman–Crippen LogP) is 0.412. The highest BCUT2D eigenvalue weighted by Crippen LogP contribution is 2.00. The normalized spacial score (nSPS) is 13.0. The molecule has 0 radical (unpaired) electrons. The van der Waals surface area contributed by atoms with Gasteiger partial charge in [-0.05, 0) is 13.3 Å². The van der Waals surface area contributed by atoms with Crippen molar-refractivity contribution in [3.8, 4) is 0 Å². The number of carbonyl (C=O) groups is 1. The van der Waals surface area contributed by atoms with E-state index in [2.05, 4.69) is 5.32 Å². The molecule has 0 bridgehead atoms. The van der Waals surface area contributed by atoms with Crippen LogP contribution in [0.2, 0.25) is 0 Å². The largest absolute Gasteiger partial charge is 0.481 e. The molecule has 0 aliphatic rings. The zero-order valence-electron chi connectivity index (χ0n) is 6.26. The third kappa shape index (κ3) is 4.64. The zero-order chi connectivity index (χ0) is 7.98. The van der Waals surface area contributed by atoms with Crippen molar-refractivity contribution in [2.75, 3.05) is 19.1 Å². The summed E-state index contributed by atoms with van der Waals surface area (Å²) in [7, 11) is 1.78. The van der Waals surface area contributed by atoms with Crippen LogP contribution in [0.5, 0.6) is 0 Å². The molecule has 0 aromatic carbocycles. The van der Waals surface area contributed by atoms with E-state index in [9.17, 15) is 4.79 Å². The minimum atomic E-state index is -0.742. The summed E-state index contributed by atoms with van der Waals surface area (Å²) in [6.45, 7) is 0. The standard InChI is InChI=1S/C6H13NO2S/c1-7-5(4-10-2)3-6(8)9/h5,7H,3-4H2,1-2H3,(H,8,9). The number of nitrogens with one attached hydrogen (secondary N) is 1. The Hall–Kier alpha value is -0.220. The summed E-state index contributed by atoms with van der Waals surface area (Å²) in [6.07, 6.45) is 2.17. The van der Waals surface area contributed by atoms with Crippen molar-refractivity contribution in [3.63, 3.8) is 0 Å². The fourth-order valence-corrected chi connectivity index (χ4v) is 1.34. The van der Waals surface area contributed by atoms with Gasteiger partial charge in [-0.3, -0.25) is 4.79 Å². The van der Waals surface area contributed by atoms with Crippen LogP contribution >= 0.6 is 11.8 Å². The quantitative estimate of drug-likeness (QED) is 0.616. The lowest BCUT2D eigenvalue weighted by Gasteiger charge is -2.10. The van der Waals surface area contributed by atoms with E-state index in [0.717, 1.165) is 5.75 Å². The fourth-order valence-electron chi connectivity index (χ4n) is 0.656. The maximum absolute atomic E-state index is 10.2. The van der Waals surface area contributed by atoms with Gasteiger partial charge in [0.1, 0.15) is 0 Å². The lowest BCUT2D eigenvalue weighted by atomic mass is 10.2. The molecule has 3 nitrogen and oxygen atoms in total. The number of carboxylic acid groups (broad SMARTS) is 1. The number of thioether (sulfide) groups is 1. The molecule has 0 saturated heterocycles. The maximum atomic E-state index is 10.2. The monoisotopic (exact) mass is 163 g/mol.